The van der Waals surface area contributed by atoms with Crippen LogP contribution in [0.5, 0.6) is 0 Å². The third kappa shape index (κ3) is 3.71. The number of nitrogens with zero attached hydrogens (tertiary/aromatic N) is 3. The Morgan fingerprint density at radius 3 is 2.31 bits per heavy atom. The molecule has 0 aliphatic carbocycles. The molecule has 32 heavy (non-hydrogen) atoms. The zero-order chi connectivity index (χ0) is 23.2. The van der Waals surface area contributed by atoms with Crippen LogP contribution in [0.15, 0.2) is 48.0 Å². The van der Waals surface area contributed by atoms with Crippen LogP contribution in [-0.4, -0.2) is 27.6 Å². The van der Waals surface area contributed by atoms with Crippen molar-refractivity contribution in [3.05, 3.63) is 81.1 Å². The Kier molecular flexibility index (Phi) is 5.44. The Morgan fingerprint density at radius 1 is 0.969 bits per heavy atom. The summed E-state index contributed by atoms with van der Waals surface area (Å²) in [5.74, 6) is -1.46. The predicted octanol–water partition coefficient (Wildman–Crippen LogP) is 4.43. The van der Waals surface area contributed by atoms with Crippen LogP contribution in [0.1, 0.15) is 28.1 Å². The van der Waals surface area contributed by atoms with E-state index in [0.717, 1.165) is 27.4 Å². The molecule has 1 saturated heterocycles. The van der Waals surface area contributed by atoms with E-state index in [1.54, 1.807) is 28.9 Å². The highest BCUT2D eigenvalue weighted by Crippen LogP contribution is 2.27. The van der Waals surface area contributed by atoms with Crippen LogP contribution in [0.2, 0.25) is 5.02 Å². The third-order valence-electron chi connectivity index (χ3n) is 5.40. The molecule has 8 heteroatoms. The zero-order valence-corrected chi connectivity index (χ0v) is 18.8. The average Bonchev–Trinajstić information content (AvgIpc) is 3.00. The van der Waals surface area contributed by atoms with E-state index in [9.17, 15) is 14.4 Å². The quantitative estimate of drug-likeness (QED) is 0.474. The molecule has 2 heterocycles. The van der Waals surface area contributed by atoms with Gasteiger partial charge in [-0.2, -0.15) is 5.10 Å². The van der Waals surface area contributed by atoms with Crippen molar-refractivity contribution >= 4 is 41.2 Å². The van der Waals surface area contributed by atoms with Gasteiger partial charge in [0.25, 0.3) is 11.8 Å². The number of benzene rings is 2. The zero-order valence-electron chi connectivity index (χ0n) is 18.1. The molecule has 0 unspecified atom stereocenters. The summed E-state index contributed by atoms with van der Waals surface area (Å²) in [5.41, 5.74) is 5.36. The van der Waals surface area contributed by atoms with Crippen LogP contribution in [0.3, 0.4) is 0 Å². The van der Waals surface area contributed by atoms with Gasteiger partial charge >= 0.3 is 6.03 Å². The van der Waals surface area contributed by atoms with Crippen molar-refractivity contribution in [2.75, 3.05) is 4.90 Å². The summed E-state index contributed by atoms with van der Waals surface area (Å²) in [7, 11) is 0. The van der Waals surface area contributed by atoms with E-state index in [0.29, 0.717) is 22.0 Å². The van der Waals surface area contributed by atoms with Crippen molar-refractivity contribution in [1.82, 2.24) is 15.1 Å². The number of carbonyl (C=O) groups is 3. The molecule has 4 amide bonds. The summed E-state index contributed by atoms with van der Waals surface area (Å²) in [6, 6.07) is 11.5. The summed E-state index contributed by atoms with van der Waals surface area (Å²) < 4.78 is 1.80. The van der Waals surface area contributed by atoms with Gasteiger partial charge in [0.05, 0.1) is 17.1 Å². The maximum Gasteiger partial charge on any atom is 0.335 e. The van der Waals surface area contributed by atoms with E-state index in [4.69, 9.17) is 11.6 Å². The number of hydrogen-bond donors (Lipinski definition) is 1. The Bertz CT molecular complexity index is 1310. The molecule has 0 atom stereocenters. The van der Waals surface area contributed by atoms with E-state index in [1.807, 2.05) is 39.8 Å². The van der Waals surface area contributed by atoms with Crippen molar-refractivity contribution in [1.29, 1.82) is 0 Å². The second-order valence-electron chi connectivity index (χ2n) is 7.72. The number of anilines is 1. The van der Waals surface area contributed by atoms with Gasteiger partial charge in [0.2, 0.25) is 0 Å². The Morgan fingerprint density at radius 2 is 1.66 bits per heavy atom. The molecule has 2 aromatic carbocycles. The summed E-state index contributed by atoms with van der Waals surface area (Å²) >= 11 is 5.91. The van der Waals surface area contributed by atoms with Gasteiger partial charge in [-0.25, -0.2) is 14.4 Å². The van der Waals surface area contributed by atoms with E-state index >= 15 is 0 Å². The van der Waals surface area contributed by atoms with Crippen molar-refractivity contribution in [3.63, 3.8) is 0 Å². The van der Waals surface area contributed by atoms with Crippen LogP contribution in [0.25, 0.3) is 11.8 Å². The molecular weight excluding hydrogens is 428 g/mol. The lowest BCUT2D eigenvalue weighted by Crippen LogP contribution is -2.54. The Balaban J connectivity index is 1.78. The smallest absolute Gasteiger partial charge is 0.273 e. The predicted molar refractivity (Wildman–Crippen MR) is 123 cm³/mol. The highest BCUT2D eigenvalue weighted by Gasteiger charge is 2.37. The molecule has 0 saturated carbocycles. The number of urea groups is 1. The van der Waals surface area contributed by atoms with Crippen LogP contribution < -0.4 is 10.2 Å². The first kappa shape index (κ1) is 21.5. The number of carbonyl (C=O) groups excluding carboxylic acids is 3. The van der Waals surface area contributed by atoms with Crippen molar-refractivity contribution in [2.24, 2.45) is 0 Å². The minimum Gasteiger partial charge on any atom is -0.273 e. The molecule has 3 aromatic rings. The first-order valence-corrected chi connectivity index (χ1v) is 10.4. The number of nitrogens with one attached hydrogen (secondary N) is 1. The molecular formula is C24H21ClN4O3. The molecule has 1 aliphatic heterocycles. The molecule has 7 nitrogen and oxygen atoms in total. The molecule has 4 rings (SSSR count). The van der Waals surface area contributed by atoms with Gasteiger partial charge < -0.3 is 0 Å². The molecule has 0 radical (unpaired) electrons. The van der Waals surface area contributed by atoms with Crippen molar-refractivity contribution < 1.29 is 14.4 Å². The van der Waals surface area contributed by atoms with Gasteiger partial charge in [0.15, 0.2) is 0 Å². The highest BCUT2D eigenvalue weighted by atomic mass is 35.5. The molecule has 1 aromatic heterocycles. The maximum absolute atomic E-state index is 13.1. The third-order valence-corrected chi connectivity index (χ3v) is 5.65. The Labute approximate surface area is 190 Å². The Hall–Kier alpha value is -3.71. The number of hydrogen-bond acceptors (Lipinski definition) is 4. The minimum absolute atomic E-state index is 0.147. The largest absolute Gasteiger partial charge is 0.335 e. The van der Waals surface area contributed by atoms with Crippen LogP contribution in [0, 0.1) is 27.7 Å². The lowest BCUT2D eigenvalue weighted by Gasteiger charge is -2.26. The molecule has 1 fully saturated rings. The number of rotatable bonds is 3. The number of imide groups is 2. The standard InChI is InChI=1S/C24H21ClN4O3/c1-13-5-10-21(14(2)11-13)29-16(4)19(15(3)27-29)12-20-22(30)26-24(32)28(23(20)31)18-8-6-17(25)7-9-18/h5-12H,1-4H3,(H,26,30,32)/b20-12-. The average molecular weight is 449 g/mol. The topological polar surface area (TPSA) is 84.3 Å². The number of amides is 4. The normalized spacial score (nSPS) is 15.5. The summed E-state index contributed by atoms with van der Waals surface area (Å²) in [5, 5.41) is 7.32. The minimum atomic E-state index is -0.807. The van der Waals surface area contributed by atoms with Crippen molar-refractivity contribution in [3.8, 4) is 5.69 Å². The fourth-order valence-electron chi connectivity index (χ4n) is 3.77. The monoisotopic (exact) mass is 448 g/mol. The fraction of sp³-hybridized carbons (Fsp3) is 0.167. The van der Waals surface area contributed by atoms with E-state index < -0.39 is 17.8 Å². The van der Waals surface area contributed by atoms with Crippen LogP contribution in [0.4, 0.5) is 10.5 Å². The van der Waals surface area contributed by atoms with E-state index in [1.165, 1.54) is 6.08 Å². The molecule has 0 spiro atoms. The van der Waals surface area contributed by atoms with Gasteiger partial charge in [-0.05, 0) is 69.7 Å². The lowest BCUT2D eigenvalue weighted by molar-refractivity contribution is -0.122. The number of halogens is 1. The molecule has 1 aliphatic rings. The highest BCUT2D eigenvalue weighted by molar-refractivity contribution is 6.39. The first-order valence-electron chi connectivity index (χ1n) is 9.98. The second kappa shape index (κ2) is 8.09. The van der Waals surface area contributed by atoms with E-state index in [-0.39, 0.29) is 5.57 Å². The van der Waals surface area contributed by atoms with Gasteiger partial charge in [0, 0.05) is 16.3 Å². The second-order valence-corrected chi connectivity index (χ2v) is 8.16. The molecule has 162 valence electrons. The first-order chi connectivity index (χ1) is 15.2. The maximum atomic E-state index is 13.1. The lowest BCUT2D eigenvalue weighted by atomic mass is 10.1. The van der Waals surface area contributed by atoms with Crippen LogP contribution >= 0.6 is 11.6 Å². The van der Waals surface area contributed by atoms with Gasteiger partial charge in [-0.15, -0.1) is 0 Å². The van der Waals surface area contributed by atoms with Gasteiger partial charge in [-0.3, -0.25) is 14.9 Å². The fourth-order valence-corrected chi connectivity index (χ4v) is 3.89. The van der Waals surface area contributed by atoms with Gasteiger partial charge in [-0.1, -0.05) is 29.3 Å². The molecule has 1 N–H and O–H groups in total. The summed E-state index contributed by atoms with van der Waals surface area (Å²) in [6.45, 7) is 7.71. The van der Waals surface area contributed by atoms with Crippen LogP contribution in [-0.2, 0) is 9.59 Å². The van der Waals surface area contributed by atoms with Gasteiger partial charge in [0.1, 0.15) is 5.57 Å². The SMILES string of the molecule is Cc1ccc(-n2nc(C)c(/C=C3/C(=O)NC(=O)N(c4ccc(Cl)cc4)C3=O)c2C)c(C)c1. The van der Waals surface area contributed by atoms with Crippen molar-refractivity contribution in [2.45, 2.75) is 27.7 Å². The summed E-state index contributed by atoms with van der Waals surface area (Å²) in [4.78, 5) is 39.0. The molecule has 0 bridgehead atoms. The number of aromatic nitrogens is 2. The number of barbiturate groups is 1. The van der Waals surface area contributed by atoms with E-state index in [2.05, 4.69) is 16.5 Å². The number of aryl methyl sites for hydroxylation is 3. The summed E-state index contributed by atoms with van der Waals surface area (Å²) in [6.07, 6.45) is 1.49.